The largest absolute Gasteiger partial charge is 0.307 e. The molecule has 0 spiro atoms. The van der Waals surface area contributed by atoms with E-state index in [4.69, 9.17) is 0 Å². The van der Waals surface area contributed by atoms with Gasteiger partial charge in [-0.1, -0.05) is 54.8 Å². The molecule has 1 aromatic rings. The maximum atomic E-state index is 3.70. The van der Waals surface area contributed by atoms with Crippen LogP contribution in [0.3, 0.4) is 0 Å². The molecule has 0 aliphatic heterocycles. The lowest BCUT2D eigenvalue weighted by atomic mass is 9.94. The summed E-state index contributed by atoms with van der Waals surface area (Å²) < 4.78 is 1.14. The maximum absolute atomic E-state index is 3.70. The van der Waals surface area contributed by atoms with Crippen LogP contribution in [0.4, 0.5) is 0 Å². The maximum Gasteiger partial charge on any atom is 0.0294 e. The van der Waals surface area contributed by atoms with Gasteiger partial charge in [0.05, 0.1) is 0 Å². The van der Waals surface area contributed by atoms with Gasteiger partial charge in [0.25, 0.3) is 0 Å². The molecule has 0 saturated heterocycles. The van der Waals surface area contributed by atoms with E-state index in [-0.39, 0.29) is 0 Å². The second kappa shape index (κ2) is 7.17. The zero-order valence-corrected chi connectivity index (χ0v) is 12.9. The molecule has 2 atom stereocenters. The van der Waals surface area contributed by atoms with E-state index in [1.54, 1.807) is 0 Å². The summed E-state index contributed by atoms with van der Waals surface area (Å²) in [6.45, 7) is 9.09. The van der Waals surface area contributed by atoms with E-state index in [0.717, 1.165) is 10.4 Å². The SMILES string of the molecule is CCC(CC)C(C)NC(C)c1ccc(Br)cc1. The zero-order valence-electron chi connectivity index (χ0n) is 11.3. The summed E-state index contributed by atoms with van der Waals surface area (Å²) in [4.78, 5) is 0. The summed E-state index contributed by atoms with van der Waals surface area (Å²) in [5, 5.41) is 3.70. The Morgan fingerprint density at radius 1 is 1.06 bits per heavy atom. The third-order valence-corrected chi connectivity index (χ3v) is 4.17. The number of nitrogens with one attached hydrogen (secondary N) is 1. The van der Waals surface area contributed by atoms with Crippen LogP contribution >= 0.6 is 15.9 Å². The minimum atomic E-state index is 0.415. The molecule has 0 amide bonds. The van der Waals surface area contributed by atoms with Crippen molar-refractivity contribution in [1.29, 1.82) is 0 Å². The zero-order chi connectivity index (χ0) is 12.8. The number of hydrogen-bond acceptors (Lipinski definition) is 1. The first-order chi connectivity index (χ1) is 8.08. The molecule has 0 aromatic heterocycles. The molecule has 0 heterocycles. The molecule has 1 rings (SSSR count). The summed E-state index contributed by atoms with van der Waals surface area (Å²) in [6.07, 6.45) is 2.50. The second-order valence-corrected chi connectivity index (χ2v) is 5.72. The van der Waals surface area contributed by atoms with Crippen LogP contribution in [-0.4, -0.2) is 6.04 Å². The molecular weight excluding hydrogens is 274 g/mol. The Morgan fingerprint density at radius 3 is 2.06 bits per heavy atom. The van der Waals surface area contributed by atoms with Crippen molar-refractivity contribution in [3.63, 3.8) is 0 Å². The van der Waals surface area contributed by atoms with Crippen molar-refractivity contribution in [3.05, 3.63) is 34.3 Å². The molecule has 0 saturated carbocycles. The van der Waals surface area contributed by atoms with Gasteiger partial charge >= 0.3 is 0 Å². The Hall–Kier alpha value is -0.340. The van der Waals surface area contributed by atoms with Crippen molar-refractivity contribution in [1.82, 2.24) is 5.32 Å². The summed E-state index contributed by atoms with van der Waals surface area (Å²) in [5.74, 6) is 0.771. The van der Waals surface area contributed by atoms with Crippen LogP contribution in [-0.2, 0) is 0 Å². The predicted octanol–water partition coefficient (Wildman–Crippen LogP) is 4.92. The van der Waals surface area contributed by atoms with Crippen molar-refractivity contribution >= 4 is 15.9 Å². The highest BCUT2D eigenvalue weighted by atomic mass is 79.9. The third-order valence-electron chi connectivity index (χ3n) is 3.64. The van der Waals surface area contributed by atoms with Crippen molar-refractivity contribution in [2.75, 3.05) is 0 Å². The highest BCUT2D eigenvalue weighted by Crippen LogP contribution is 2.20. The molecule has 1 N–H and O–H groups in total. The average molecular weight is 298 g/mol. The van der Waals surface area contributed by atoms with Crippen LogP contribution in [0.15, 0.2) is 28.7 Å². The first-order valence-electron chi connectivity index (χ1n) is 6.60. The lowest BCUT2D eigenvalue weighted by Crippen LogP contribution is -2.34. The summed E-state index contributed by atoms with van der Waals surface area (Å²) in [5.41, 5.74) is 1.35. The molecule has 96 valence electrons. The van der Waals surface area contributed by atoms with Gasteiger partial charge in [-0.15, -0.1) is 0 Å². The monoisotopic (exact) mass is 297 g/mol. The van der Waals surface area contributed by atoms with Crippen LogP contribution in [0.2, 0.25) is 0 Å². The van der Waals surface area contributed by atoms with Crippen LogP contribution in [0.5, 0.6) is 0 Å². The molecule has 0 aliphatic rings. The van der Waals surface area contributed by atoms with E-state index in [1.165, 1.54) is 18.4 Å². The van der Waals surface area contributed by atoms with Gasteiger partial charge in [-0.2, -0.15) is 0 Å². The lowest BCUT2D eigenvalue weighted by Gasteiger charge is -2.26. The topological polar surface area (TPSA) is 12.0 Å². The molecule has 1 aromatic carbocycles. The Balaban J connectivity index is 2.59. The minimum absolute atomic E-state index is 0.415. The molecule has 17 heavy (non-hydrogen) atoms. The smallest absolute Gasteiger partial charge is 0.0294 e. The van der Waals surface area contributed by atoms with E-state index in [1.807, 2.05) is 0 Å². The standard InChI is InChI=1S/C15H24BrN/c1-5-13(6-2)11(3)17-12(4)14-7-9-15(16)10-8-14/h7-13,17H,5-6H2,1-4H3. The van der Waals surface area contributed by atoms with Crippen LogP contribution in [0, 0.1) is 5.92 Å². The summed E-state index contributed by atoms with van der Waals surface area (Å²) in [6, 6.07) is 9.57. The molecule has 0 bridgehead atoms. The van der Waals surface area contributed by atoms with Crippen LogP contribution < -0.4 is 5.32 Å². The van der Waals surface area contributed by atoms with Gasteiger partial charge in [-0.05, 0) is 37.5 Å². The number of rotatable bonds is 6. The summed E-state index contributed by atoms with van der Waals surface area (Å²) in [7, 11) is 0. The Kier molecular flexibility index (Phi) is 6.21. The summed E-state index contributed by atoms with van der Waals surface area (Å²) >= 11 is 3.47. The van der Waals surface area contributed by atoms with Crippen LogP contribution in [0.1, 0.15) is 52.1 Å². The van der Waals surface area contributed by atoms with Gasteiger partial charge in [0.1, 0.15) is 0 Å². The Bertz CT molecular complexity index is 316. The quantitative estimate of drug-likeness (QED) is 0.785. The first kappa shape index (κ1) is 14.7. The lowest BCUT2D eigenvalue weighted by molar-refractivity contribution is 0.330. The molecule has 0 radical (unpaired) electrons. The molecule has 0 fully saturated rings. The van der Waals surface area contributed by atoms with Crippen molar-refractivity contribution < 1.29 is 0 Å². The van der Waals surface area contributed by atoms with Gasteiger partial charge in [0, 0.05) is 16.6 Å². The Morgan fingerprint density at radius 2 is 1.59 bits per heavy atom. The Labute approximate surface area is 114 Å². The highest BCUT2D eigenvalue weighted by molar-refractivity contribution is 9.10. The van der Waals surface area contributed by atoms with Gasteiger partial charge in [0.15, 0.2) is 0 Å². The fourth-order valence-electron chi connectivity index (χ4n) is 2.37. The van der Waals surface area contributed by atoms with E-state index in [0.29, 0.717) is 12.1 Å². The van der Waals surface area contributed by atoms with Crippen molar-refractivity contribution in [2.45, 2.75) is 52.6 Å². The van der Waals surface area contributed by atoms with E-state index < -0.39 is 0 Å². The molecule has 0 aliphatic carbocycles. The number of benzene rings is 1. The normalized spacial score (nSPS) is 14.9. The van der Waals surface area contributed by atoms with Gasteiger partial charge in [-0.3, -0.25) is 0 Å². The average Bonchev–Trinajstić information content (AvgIpc) is 2.31. The number of halogens is 1. The van der Waals surface area contributed by atoms with Gasteiger partial charge in [0.2, 0.25) is 0 Å². The van der Waals surface area contributed by atoms with Gasteiger partial charge < -0.3 is 5.32 Å². The van der Waals surface area contributed by atoms with E-state index >= 15 is 0 Å². The van der Waals surface area contributed by atoms with Crippen LogP contribution in [0.25, 0.3) is 0 Å². The van der Waals surface area contributed by atoms with E-state index in [2.05, 4.69) is 73.2 Å². The number of hydrogen-bond donors (Lipinski definition) is 1. The molecule has 2 heteroatoms. The highest BCUT2D eigenvalue weighted by Gasteiger charge is 2.16. The first-order valence-corrected chi connectivity index (χ1v) is 7.39. The van der Waals surface area contributed by atoms with Crippen molar-refractivity contribution in [2.24, 2.45) is 5.92 Å². The molecular formula is C15H24BrN. The fourth-order valence-corrected chi connectivity index (χ4v) is 2.64. The molecule has 1 nitrogen and oxygen atoms in total. The third kappa shape index (κ3) is 4.44. The minimum Gasteiger partial charge on any atom is -0.307 e. The van der Waals surface area contributed by atoms with Gasteiger partial charge in [-0.25, -0.2) is 0 Å². The van der Waals surface area contributed by atoms with E-state index in [9.17, 15) is 0 Å². The fraction of sp³-hybridized carbons (Fsp3) is 0.600. The second-order valence-electron chi connectivity index (χ2n) is 4.81. The molecule has 2 unspecified atom stereocenters. The predicted molar refractivity (Wildman–Crippen MR) is 79.2 cm³/mol. The van der Waals surface area contributed by atoms with Crippen molar-refractivity contribution in [3.8, 4) is 0 Å².